The minimum Gasteiger partial charge on any atom is -0.306 e. The fourth-order valence-electron chi connectivity index (χ4n) is 1.41. The zero-order valence-electron chi connectivity index (χ0n) is 10.8. The SMILES string of the molecule is O=C(Cc1n[nH]c(=O)[nH]c1=O)N/N=C/c1cc(=O)[nH]c(=O)[nH]1. The predicted octanol–water partition coefficient (Wildman–Crippen LogP) is -3.47. The molecule has 0 aliphatic rings. The van der Waals surface area contributed by atoms with E-state index in [2.05, 4.69) is 20.6 Å². The Morgan fingerprint density at radius 2 is 1.95 bits per heavy atom. The van der Waals surface area contributed by atoms with Gasteiger partial charge in [-0.15, -0.1) is 0 Å². The van der Waals surface area contributed by atoms with E-state index in [1.165, 1.54) is 0 Å². The molecule has 0 spiro atoms. The molecule has 2 aromatic heterocycles. The van der Waals surface area contributed by atoms with Crippen molar-refractivity contribution >= 4 is 12.1 Å². The van der Waals surface area contributed by atoms with Crippen molar-refractivity contribution in [3.05, 3.63) is 59.1 Å². The summed E-state index contributed by atoms with van der Waals surface area (Å²) in [6, 6.07) is 1.06. The minimum absolute atomic E-state index is 0.0778. The Morgan fingerprint density at radius 1 is 1.18 bits per heavy atom. The highest BCUT2D eigenvalue weighted by Crippen LogP contribution is 1.83. The van der Waals surface area contributed by atoms with Gasteiger partial charge in [-0.2, -0.15) is 10.2 Å². The van der Waals surface area contributed by atoms with Gasteiger partial charge in [-0.3, -0.25) is 24.4 Å². The maximum absolute atomic E-state index is 11.5. The number of carbonyl (C=O) groups is 1. The zero-order valence-corrected chi connectivity index (χ0v) is 10.8. The molecule has 0 bridgehead atoms. The Bertz CT molecular complexity index is 919. The van der Waals surface area contributed by atoms with Crippen molar-refractivity contribution in [3.8, 4) is 0 Å². The number of rotatable bonds is 4. The Kier molecular flexibility index (Phi) is 4.22. The number of carbonyl (C=O) groups excluding carboxylic acids is 1. The normalized spacial score (nSPS) is 10.7. The maximum atomic E-state index is 11.5. The molecule has 0 aliphatic heterocycles. The third-order valence-corrected chi connectivity index (χ3v) is 2.28. The molecule has 0 fully saturated rings. The topological polar surface area (TPSA) is 186 Å². The number of nitrogens with zero attached hydrogens (tertiary/aromatic N) is 2. The van der Waals surface area contributed by atoms with Crippen LogP contribution in [-0.2, 0) is 11.2 Å². The Labute approximate surface area is 119 Å². The molecule has 5 N–H and O–H groups in total. The number of aromatic nitrogens is 5. The van der Waals surface area contributed by atoms with Gasteiger partial charge in [0, 0.05) is 6.07 Å². The molecule has 22 heavy (non-hydrogen) atoms. The van der Waals surface area contributed by atoms with Gasteiger partial charge in [0.05, 0.1) is 18.3 Å². The van der Waals surface area contributed by atoms with E-state index in [0.29, 0.717) is 0 Å². The molecule has 0 aliphatic carbocycles. The van der Waals surface area contributed by atoms with E-state index >= 15 is 0 Å². The van der Waals surface area contributed by atoms with Gasteiger partial charge in [-0.1, -0.05) is 0 Å². The van der Waals surface area contributed by atoms with Gasteiger partial charge < -0.3 is 4.98 Å². The number of amides is 1. The van der Waals surface area contributed by atoms with Gasteiger partial charge >= 0.3 is 11.4 Å². The fourth-order valence-corrected chi connectivity index (χ4v) is 1.41. The molecule has 12 nitrogen and oxygen atoms in total. The lowest BCUT2D eigenvalue weighted by Crippen LogP contribution is -2.31. The lowest BCUT2D eigenvalue weighted by Gasteiger charge is -1.98. The van der Waals surface area contributed by atoms with Crippen molar-refractivity contribution in [1.82, 2.24) is 30.6 Å². The highest BCUT2D eigenvalue weighted by molar-refractivity contribution is 5.81. The number of hydrogen-bond acceptors (Lipinski definition) is 7. The summed E-state index contributed by atoms with van der Waals surface area (Å²) >= 11 is 0. The summed E-state index contributed by atoms with van der Waals surface area (Å²) in [6.45, 7) is 0. The average molecular weight is 307 g/mol. The number of hydrogen-bond donors (Lipinski definition) is 5. The Hall–Kier alpha value is -3.57. The second kappa shape index (κ2) is 6.25. The summed E-state index contributed by atoms with van der Waals surface area (Å²) < 4.78 is 0. The van der Waals surface area contributed by atoms with Crippen LogP contribution in [0.4, 0.5) is 0 Å². The molecule has 2 rings (SSSR count). The van der Waals surface area contributed by atoms with Gasteiger partial charge in [0.1, 0.15) is 5.69 Å². The quantitative estimate of drug-likeness (QED) is 0.288. The van der Waals surface area contributed by atoms with E-state index in [1.807, 2.05) is 15.1 Å². The molecule has 0 saturated carbocycles. The molecule has 0 radical (unpaired) electrons. The molecular weight excluding hydrogens is 298 g/mol. The number of H-pyrrole nitrogens is 4. The highest BCUT2D eigenvalue weighted by atomic mass is 16.2. The van der Waals surface area contributed by atoms with Crippen molar-refractivity contribution < 1.29 is 4.79 Å². The smallest absolute Gasteiger partial charge is 0.306 e. The lowest BCUT2D eigenvalue weighted by molar-refractivity contribution is -0.120. The summed E-state index contributed by atoms with van der Waals surface area (Å²) in [5.41, 5.74) is -0.967. The van der Waals surface area contributed by atoms with E-state index < -0.39 is 34.8 Å². The van der Waals surface area contributed by atoms with Crippen LogP contribution in [0.3, 0.4) is 0 Å². The van der Waals surface area contributed by atoms with Crippen molar-refractivity contribution in [2.75, 3.05) is 0 Å². The first-order valence-electron chi connectivity index (χ1n) is 5.77. The van der Waals surface area contributed by atoms with E-state index in [0.717, 1.165) is 12.3 Å². The van der Waals surface area contributed by atoms with Crippen molar-refractivity contribution in [2.24, 2.45) is 5.10 Å². The molecule has 114 valence electrons. The van der Waals surface area contributed by atoms with E-state index in [-0.39, 0.29) is 11.4 Å². The number of hydrazone groups is 1. The average Bonchev–Trinajstić information content (AvgIpc) is 2.41. The molecule has 12 heteroatoms. The van der Waals surface area contributed by atoms with Crippen LogP contribution in [-0.4, -0.2) is 37.3 Å². The van der Waals surface area contributed by atoms with Gasteiger partial charge in [-0.25, -0.2) is 20.1 Å². The molecule has 0 atom stereocenters. The van der Waals surface area contributed by atoms with Crippen LogP contribution < -0.4 is 27.9 Å². The zero-order chi connectivity index (χ0) is 16.1. The second-order valence-electron chi connectivity index (χ2n) is 3.97. The van der Waals surface area contributed by atoms with Gasteiger partial charge in [-0.05, 0) is 0 Å². The van der Waals surface area contributed by atoms with Crippen molar-refractivity contribution in [2.45, 2.75) is 6.42 Å². The van der Waals surface area contributed by atoms with Crippen LogP contribution in [0.15, 0.2) is 30.3 Å². The standard InChI is InChI=1S/C10H9N7O5/c18-6-1-4(12-9(21)13-6)3-11-16-7(19)2-5-8(20)14-10(22)17-15-5/h1,3H,2H2,(H,16,19)(H2,12,13,18,21)(H2,14,17,20,22)/b11-3+. The second-order valence-corrected chi connectivity index (χ2v) is 3.97. The number of nitrogens with one attached hydrogen (secondary N) is 5. The summed E-state index contributed by atoms with van der Waals surface area (Å²) in [5, 5.41) is 8.91. The van der Waals surface area contributed by atoms with Crippen LogP contribution >= 0.6 is 0 Å². The van der Waals surface area contributed by atoms with E-state index in [4.69, 9.17) is 0 Å². The van der Waals surface area contributed by atoms with Crippen LogP contribution in [0.25, 0.3) is 0 Å². The lowest BCUT2D eigenvalue weighted by atomic mass is 10.3. The monoisotopic (exact) mass is 307 g/mol. The largest absolute Gasteiger partial charge is 0.342 e. The van der Waals surface area contributed by atoms with Crippen LogP contribution in [0.5, 0.6) is 0 Å². The fraction of sp³-hybridized carbons (Fsp3) is 0.100. The third-order valence-electron chi connectivity index (χ3n) is 2.28. The third kappa shape index (κ3) is 3.96. The van der Waals surface area contributed by atoms with Crippen LogP contribution in [0.2, 0.25) is 0 Å². The highest BCUT2D eigenvalue weighted by Gasteiger charge is 2.08. The Morgan fingerprint density at radius 3 is 2.64 bits per heavy atom. The molecule has 0 saturated heterocycles. The molecule has 2 aromatic rings. The predicted molar refractivity (Wildman–Crippen MR) is 72.6 cm³/mol. The van der Waals surface area contributed by atoms with Gasteiger partial charge in [0.2, 0.25) is 5.91 Å². The molecule has 1 amide bonds. The van der Waals surface area contributed by atoms with Gasteiger partial charge in [0.25, 0.3) is 11.1 Å². The summed E-state index contributed by atoms with van der Waals surface area (Å²) in [6.07, 6.45) is 0.619. The molecule has 2 heterocycles. The first kappa shape index (κ1) is 14.8. The molecular formula is C10H9N7O5. The van der Waals surface area contributed by atoms with E-state index in [9.17, 15) is 24.0 Å². The van der Waals surface area contributed by atoms with Crippen LogP contribution in [0, 0.1) is 0 Å². The summed E-state index contributed by atoms with van der Waals surface area (Å²) in [7, 11) is 0. The van der Waals surface area contributed by atoms with Crippen molar-refractivity contribution in [3.63, 3.8) is 0 Å². The van der Waals surface area contributed by atoms with Crippen molar-refractivity contribution in [1.29, 1.82) is 0 Å². The number of aromatic amines is 4. The van der Waals surface area contributed by atoms with Crippen LogP contribution in [0.1, 0.15) is 11.4 Å². The maximum Gasteiger partial charge on any atom is 0.342 e. The Balaban J connectivity index is 2.02. The first-order chi connectivity index (χ1) is 10.4. The first-order valence-corrected chi connectivity index (χ1v) is 5.77. The summed E-state index contributed by atoms with van der Waals surface area (Å²) in [5.74, 6) is -0.687. The van der Waals surface area contributed by atoms with E-state index in [1.54, 1.807) is 0 Å². The molecule has 0 unspecified atom stereocenters. The minimum atomic E-state index is -0.790. The van der Waals surface area contributed by atoms with Gasteiger partial charge in [0.15, 0.2) is 0 Å². The summed E-state index contributed by atoms with van der Waals surface area (Å²) in [4.78, 5) is 61.7. The molecule has 0 aromatic carbocycles.